The van der Waals surface area contributed by atoms with E-state index in [0.29, 0.717) is 13.1 Å². The van der Waals surface area contributed by atoms with Gasteiger partial charge in [0.15, 0.2) is 0 Å². The number of rotatable bonds is 7. The monoisotopic (exact) mass is 300 g/mol. The highest BCUT2D eigenvalue weighted by Crippen LogP contribution is 2.10. The molecule has 0 aliphatic heterocycles. The van der Waals surface area contributed by atoms with Crippen molar-refractivity contribution in [3.8, 4) is 0 Å². The first kappa shape index (κ1) is 16.8. The van der Waals surface area contributed by atoms with Crippen LogP contribution < -0.4 is 5.32 Å². The number of ether oxygens (including phenoxy) is 1. The standard InChI is InChI=1S/C13H24N4O2S/c1-5-17(12(18)19-13(2,3)4)8-6-7-14-9-11-10-20-16-15-11/h10,14H,5-9H2,1-4H3. The van der Waals surface area contributed by atoms with Gasteiger partial charge in [0, 0.05) is 25.0 Å². The van der Waals surface area contributed by atoms with Crippen LogP contribution in [-0.2, 0) is 11.3 Å². The maximum absolute atomic E-state index is 11.9. The first-order chi connectivity index (χ1) is 9.42. The second-order valence-electron chi connectivity index (χ2n) is 5.49. The van der Waals surface area contributed by atoms with Gasteiger partial charge < -0.3 is 15.0 Å². The van der Waals surface area contributed by atoms with Crippen LogP contribution >= 0.6 is 11.5 Å². The van der Waals surface area contributed by atoms with Gasteiger partial charge in [-0.15, -0.1) is 5.10 Å². The van der Waals surface area contributed by atoms with Crippen molar-refractivity contribution in [2.75, 3.05) is 19.6 Å². The van der Waals surface area contributed by atoms with Crippen molar-refractivity contribution in [3.05, 3.63) is 11.1 Å². The largest absolute Gasteiger partial charge is 0.444 e. The molecule has 7 heteroatoms. The van der Waals surface area contributed by atoms with Crippen LogP contribution in [0.5, 0.6) is 0 Å². The van der Waals surface area contributed by atoms with Gasteiger partial charge in [0.25, 0.3) is 0 Å². The van der Waals surface area contributed by atoms with E-state index in [2.05, 4.69) is 14.9 Å². The lowest BCUT2D eigenvalue weighted by molar-refractivity contribution is 0.0258. The summed E-state index contributed by atoms with van der Waals surface area (Å²) in [4.78, 5) is 13.6. The van der Waals surface area contributed by atoms with Gasteiger partial charge in [0.05, 0.1) is 5.69 Å². The quantitative estimate of drug-likeness (QED) is 0.782. The molecular formula is C13H24N4O2S. The maximum atomic E-state index is 11.9. The number of amides is 1. The van der Waals surface area contributed by atoms with Crippen LogP contribution in [0.3, 0.4) is 0 Å². The van der Waals surface area contributed by atoms with E-state index in [1.165, 1.54) is 11.5 Å². The van der Waals surface area contributed by atoms with E-state index in [-0.39, 0.29) is 6.09 Å². The first-order valence-corrected chi connectivity index (χ1v) is 7.70. The van der Waals surface area contributed by atoms with E-state index in [4.69, 9.17) is 4.74 Å². The van der Waals surface area contributed by atoms with Gasteiger partial charge in [-0.3, -0.25) is 0 Å². The van der Waals surface area contributed by atoms with E-state index in [1.807, 2.05) is 33.1 Å². The van der Waals surface area contributed by atoms with E-state index >= 15 is 0 Å². The minimum Gasteiger partial charge on any atom is -0.444 e. The number of nitrogens with one attached hydrogen (secondary N) is 1. The summed E-state index contributed by atoms with van der Waals surface area (Å²) in [6.45, 7) is 10.5. The third kappa shape index (κ3) is 6.81. The van der Waals surface area contributed by atoms with Crippen molar-refractivity contribution >= 4 is 17.6 Å². The van der Waals surface area contributed by atoms with Crippen LogP contribution in [0.4, 0.5) is 4.79 Å². The number of aromatic nitrogens is 2. The Labute approximate surface area is 124 Å². The number of hydrogen-bond acceptors (Lipinski definition) is 6. The van der Waals surface area contributed by atoms with Crippen molar-refractivity contribution in [1.29, 1.82) is 0 Å². The third-order valence-corrected chi connectivity index (χ3v) is 3.08. The molecule has 0 aliphatic carbocycles. The van der Waals surface area contributed by atoms with Crippen LogP contribution in [0.2, 0.25) is 0 Å². The molecule has 0 aromatic carbocycles. The summed E-state index contributed by atoms with van der Waals surface area (Å²) in [5.41, 5.74) is 0.509. The summed E-state index contributed by atoms with van der Waals surface area (Å²) < 4.78 is 9.16. The van der Waals surface area contributed by atoms with Crippen molar-refractivity contribution in [1.82, 2.24) is 19.8 Å². The Morgan fingerprint density at radius 3 is 2.80 bits per heavy atom. The van der Waals surface area contributed by atoms with Gasteiger partial charge in [-0.25, -0.2) is 4.79 Å². The van der Waals surface area contributed by atoms with E-state index in [1.54, 1.807) is 4.90 Å². The molecule has 0 fully saturated rings. The molecule has 1 N–H and O–H groups in total. The lowest BCUT2D eigenvalue weighted by Crippen LogP contribution is -2.38. The van der Waals surface area contributed by atoms with Gasteiger partial charge in [0.1, 0.15) is 5.60 Å². The van der Waals surface area contributed by atoms with E-state index in [0.717, 1.165) is 25.2 Å². The summed E-state index contributed by atoms with van der Waals surface area (Å²) in [7, 11) is 0. The molecule has 114 valence electrons. The lowest BCUT2D eigenvalue weighted by Gasteiger charge is -2.26. The predicted molar refractivity (Wildman–Crippen MR) is 79.7 cm³/mol. The molecule has 0 saturated carbocycles. The Kier molecular flexibility index (Phi) is 6.87. The van der Waals surface area contributed by atoms with Crippen molar-refractivity contribution in [3.63, 3.8) is 0 Å². The minimum absolute atomic E-state index is 0.247. The number of nitrogens with zero attached hydrogens (tertiary/aromatic N) is 3. The molecule has 0 aliphatic rings. The Morgan fingerprint density at radius 2 is 2.25 bits per heavy atom. The number of hydrogen-bond donors (Lipinski definition) is 1. The first-order valence-electron chi connectivity index (χ1n) is 6.87. The average Bonchev–Trinajstić information content (AvgIpc) is 2.84. The summed E-state index contributed by atoms with van der Waals surface area (Å²) in [5, 5.41) is 9.16. The molecule has 0 atom stereocenters. The van der Waals surface area contributed by atoms with Gasteiger partial charge in [-0.05, 0) is 52.2 Å². The highest BCUT2D eigenvalue weighted by molar-refractivity contribution is 7.03. The molecule has 1 aromatic heterocycles. The fraction of sp³-hybridized carbons (Fsp3) is 0.769. The van der Waals surface area contributed by atoms with Gasteiger partial charge in [-0.2, -0.15) is 0 Å². The second kappa shape index (κ2) is 8.16. The van der Waals surface area contributed by atoms with Crippen molar-refractivity contribution < 1.29 is 9.53 Å². The van der Waals surface area contributed by atoms with Gasteiger partial charge in [0.2, 0.25) is 0 Å². The summed E-state index contributed by atoms with van der Waals surface area (Å²) in [6, 6.07) is 0. The number of carbonyl (C=O) groups excluding carboxylic acids is 1. The summed E-state index contributed by atoms with van der Waals surface area (Å²) in [5.74, 6) is 0. The Morgan fingerprint density at radius 1 is 1.50 bits per heavy atom. The van der Waals surface area contributed by atoms with E-state index in [9.17, 15) is 4.79 Å². The topological polar surface area (TPSA) is 67.3 Å². The molecule has 1 aromatic rings. The van der Waals surface area contributed by atoms with Gasteiger partial charge >= 0.3 is 6.09 Å². The molecule has 0 unspecified atom stereocenters. The van der Waals surface area contributed by atoms with Crippen molar-refractivity contribution in [2.24, 2.45) is 0 Å². The van der Waals surface area contributed by atoms with Crippen LogP contribution in [0.1, 0.15) is 39.8 Å². The molecule has 1 heterocycles. The molecular weight excluding hydrogens is 276 g/mol. The fourth-order valence-electron chi connectivity index (χ4n) is 1.58. The third-order valence-electron chi connectivity index (χ3n) is 2.53. The van der Waals surface area contributed by atoms with Crippen LogP contribution in [0.15, 0.2) is 5.38 Å². The Balaban J connectivity index is 2.19. The molecule has 1 amide bonds. The van der Waals surface area contributed by atoms with Crippen molar-refractivity contribution in [2.45, 2.75) is 46.3 Å². The molecule has 6 nitrogen and oxygen atoms in total. The molecule has 0 spiro atoms. The van der Waals surface area contributed by atoms with Crippen LogP contribution in [-0.4, -0.2) is 45.8 Å². The zero-order valence-corrected chi connectivity index (χ0v) is 13.5. The molecule has 1 rings (SSSR count). The Bertz CT molecular complexity index is 390. The molecule has 20 heavy (non-hydrogen) atoms. The summed E-state index contributed by atoms with van der Waals surface area (Å²) >= 11 is 1.35. The zero-order valence-electron chi connectivity index (χ0n) is 12.7. The average molecular weight is 300 g/mol. The van der Waals surface area contributed by atoms with Gasteiger partial charge in [-0.1, -0.05) is 4.49 Å². The fourth-order valence-corrected chi connectivity index (χ4v) is 2.03. The van der Waals surface area contributed by atoms with E-state index < -0.39 is 5.60 Å². The highest BCUT2D eigenvalue weighted by Gasteiger charge is 2.20. The normalized spacial score (nSPS) is 11.4. The molecule has 0 bridgehead atoms. The second-order valence-corrected chi connectivity index (χ2v) is 6.10. The minimum atomic E-state index is -0.444. The van der Waals surface area contributed by atoms with Crippen LogP contribution in [0.25, 0.3) is 0 Å². The number of carbonyl (C=O) groups is 1. The molecule has 0 saturated heterocycles. The maximum Gasteiger partial charge on any atom is 0.410 e. The highest BCUT2D eigenvalue weighted by atomic mass is 32.1. The summed E-state index contributed by atoms with van der Waals surface area (Å²) in [6.07, 6.45) is 0.633. The molecule has 0 radical (unpaired) electrons. The lowest BCUT2D eigenvalue weighted by atomic mass is 10.2. The Hall–Kier alpha value is -1.21. The van der Waals surface area contributed by atoms with Crippen LogP contribution in [0, 0.1) is 0 Å². The zero-order chi connectivity index (χ0) is 15.0. The smallest absolute Gasteiger partial charge is 0.410 e. The SMILES string of the molecule is CCN(CCCNCc1csnn1)C(=O)OC(C)(C)C. The predicted octanol–water partition coefficient (Wildman–Crippen LogP) is 2.27.